The summed E-state index contributed by atoms with van der Waals surface area (Å²) in [5.74, 6) is 1.09. The fourth-order valence-electron chi connectivity index (χ4n) is 1.14. The van der Waals surface area contributed by atoms with Crippen LogP contribution in [-0.4, -0.2) is 13.2 Å². The van der Waals surface area contributed by atoms with Gasteiger partial charge in [0.05, 0.1) is 13.2 Å². The summed E-state index contributed by atoms with van der Waals surface area (Å²) in [5.41, 5.74) is 0.387. The van der Waals surface area contributed by atoms with Crippen LogP contribution in [0.4, 0.5) is 5.69 Å². The van der Waals surface area contributed by atoms with E-state index in [0.29, 0.717) is 30.4 Å². The van der Waals surface area contributed by atoms with E-state index in [4.69, 9.17) is 14.9 Å². The number of ether oxygens (including phenoxy) is 2. The highest BCUT2D eigenvalue weighted by Gasteiger charge is 2.19. The average molecular weight is 193 g/mol. The monoisotopic (exact) mass is 193 g/mol. The van der Waals surface area contributed by atoms with E-state index in [0.717, 1.165) is 0 Å². The Morgan fingerprint density at radius 2 is 1.93 bits per heavy atom. The molecule has 0 unspecified atom stereocenters. The number of nitrogens with zero attached hydrogens (tertiary/aromatic N) is 2. The maximum Gasteiger partial charge on any atom is 0.430 e. The fraction of sp³-hybridized carbons (Fsp3) is 0.400. The van der Waals surface area contributed by atoms with Gasteiger partial charge in [-0.15, -0.1) is 0 Å². The van der Waals surface area contributed by atoms with Crippen LogP contribution < -0.4 is 9.47 Å². The van der Waals surface area contributed by atoms with Gasteiger partial charge < -0.3 is 9.47 Å². The molecule has 1 rings (SSSR count). The first-order valence-electron chi connectivity index (χ1n) is 4.57. The van der Waals surface area contributed by atoms with Gasteiger partial charge in [0.1, 0.15) is 0 Å². The summed E-state index contributed by atoms with van der Waals surface area (Å²) in [6.07, 6.45) is 0. The van der Waals surface area contributed by atoms with Crippen LogP contribution in [0.5, 0.6) is 11.5 Å². The van der Waals surface area contributed by atoms with Gasteiger partial charge in [-0.2, -0.15) is 0 Å². The maximum absolute atomic E-state index is 8.73. The molecule has 0 amide bonds. The minimum Gasteiger partial charge on any atom is -0.490 e. The lowest BCUT2D eigenvalue weighted by Gasteiger charge is -2.07. The number of hydrogen-bond donors (Lipinski definition) is 0. The van der Waals surface area contributed by atoms with Gasteiger partial charge in [-0.3, -0.25) is 0 Å². The van der Waals surface area contributed by atoms with Gasteiger partial charge in [-0.05, 0) is 19.9 Å². The molecule has 0 N–H and O–H groups in total. The summed E-state index contributed by atoms with van der Waals surface area (Å²) in [6.45, 7) is 4.81. The first-order chi connectivity index (χ1) is 6.83. The highest BCUT2D eigenvalue weighted by molar-refractivity contribution is 5.63. The zero-order valence-corrected chi connectivity index (χ0v) is 8.36. The standard InChI is InChI=1S/C10H13N2O2/c1-3-13-9-7-5-6-8(12-11)10(9)14-4-2/h5-7H,3-4H2,1-2H3/q+1. The molecule has 0 saturated carbocycles. The zero-order chi connectivity index (χ0) is 10.4. The van der Waals surface area contributed by atoms with Gasteiger partial charge in [0.15, 0.2) is 10.7 Å². The van der Waals surface area contributed by atoms with Crippen molar-refractivity contribution in [1.82, 2.24) is 0 Å². The molecule has 74 valence electrons. The molecular weight excluding hydrogens is 180 g/mol. The Labute approximate surface area is 83.1 Å². The zero-order valence-electron chi connectivity index (χ0n) is 8.36. The molecule has 0 bridgehead atoms. The van der Waals surface area contributed by atoms with Crippen LogP contribution in [0, 0.1) is 5.39 Å². The molecule has 0 spiro atoms. The Kier molecular flexibility index (Phi) is 3.74. The quantitative estimate of drug-likeness (QED) is 0.690. The lowest BCUT2D eigenvalue weighted by atomic mass is 10.3. The third-order valence-corrected chi connectivity index (χ3v) is 1.65. The summed E-state index contributed by atoms with van der Waals surface area (Å²) in [5, 5.41) is 8.73. The van der Waals surface area contributed by atoms with E-state index in [2.05, 4.69) is 4.98 Å². The minimum absolute atomic E-state index is 0.387. The number of benzene rings is 1. The third kappa shape index (κ3) is 2.13. The molecule has 0 aliphatic heterocycles. The van der Waals surface area contributed by atoms with Crippen LogP contribution in [0.1, 0.15) is 13.8 Å². The SMILES string of the molecule is CCOc1cccc([N+]#N)c1OCC. The predicted octanol–water partition coefficient (Wildman–Crippen LogP) is 2.97. The van der Waals surface area contributed by atoms with Crippen molar-refractivity contribution in [3.8, 4) is 11.5 Å². The Balaban J connectivity index is 3.08. The summed E-state index contributed by atoms with van der Waals surface area (Å²) in [4.78, 5) is 3.13. The second-order valence-corrected chi connectivity index (χ2v) is 2.57. The molecule has 0 radical (unpaired) electrons. The Morgan fingerprint density at radius 1 is 1.21 bits per heavy atom. The van der Waals surface area contributed by atoms with E-state index in [9.17, 15) is 0 Å². The lowest BCUT2D eigenvalue weighted by molar-refractivity contribution is 0.289. The normalized spacial score (nSPS) is 9.21. The van der Waals surface area contributed by atoms with Crippen molar-refractivity contribution in [2.75, 3.05) is 13.2 Å². The molecule has 14 heavy (non-hydrogen) atoms. The van der Waals surface area contributed by atoms with E-state index >= 15 is 0 Å². The van der Waals surface area contributed by atoms with Crippen molar-refractivity contribution in [2.24, 2.45) is 0 Å². The van der Waals surface area contributed by atoms with E-state index in [1.165, 1.54) is 0 Å². The smallest absolute Gasteiger partial charge is 0.430 e. The first kappa shape index (κ1) is 10.3. The van der Waals surface area contributed by atoms with Crippen LogP contribution in [0.3, 0.4) is 0 Å². The van der Waals surface area contributed by atoms with Gasteiger partial charge >= 0.3 is 5.69 Å². The van der Waals surface area contributed by atoms with Gasteiger partial charge in [-0.25, -0.2) is 0 Å². The Morgan fingerprint density at radius 3 is 2.50 bits per heavy atom. The van der Waals surface area contributed by atoms with Crippen molar-refractivity contribution in [3.05, 3.63) is 23.2 Å². The summed E-state index contributed by atoms with van der Waals surface area (Å²) in [6, 6.07) is 5.19. The van der Waals surface area contributed by atoms with Crippen molar-refractivity contribution in [3.63, 3.8) is 0 Å². The van der Waals surface area contributed by atoms with Crippen molar-refractivity contribution in [2.45, 2.75) is 13.8 Å². The van der Waals surface area contributed by atoms with E-state index in [1.807, 2.05) is 13.8 Å². The van der Waals surface area contributed by atoms with E-state index < -0.39 is 0 Å². The van der Waals surface area contributed by atoms with Gasteiger partial charge in [0.2, 0.25) is 5.39 Å². The van der Waals surface area contributed by atoms with Crippen LogP contribution in [0.15, 0.2) is 18.2 Å². The molecule has 1 aromatic carbocycles. The Hall–Kier alpha value is -1.76. The molecule has 4 heteroatoms. The number of hydrogen-bond acceptors (Lipinski definition) is 3. The predicted molar refractivity (Wildman–Crippen MR) is 53.5 cm³/mol. The van der Waals surface area contributed by atoms with Crippen molar-refractivity contribution in [1.29, 1.82) is 5.39 Å². The number of diazo groups is 1. The molecule has 1 aromatic rings. The molecule has 0 aliphatic carbocycles. The first-order valence-corrected chi connectivity index (χ1v) is 4.57. The molecule has 0 saturated heterocycles. The van der Waals surface area contributed by atoms with E-state index in [1.54, 1.807) is 18.2 Å². The molecule has 0 heterocycles. The largest absolute Gasteiger partial charge is 0.490 e. The summed E-state index contributed by atoms with van der Waals surface area (Å²) < 4.78 is 10.7. The molecular formula is C10H13N2O2+. The van der Waals surface area contributed by atoms with Crippen molar-refractivity contribution < 1.29 is 9.47 Å². The molecule has 0 aliphatic rings. The molecule has 0 atom stereocenters. The third-order valence-electron chi connectivity index (χ3n) is 1.65. The van der Waals surface area contributed by atoms with E-state index in [-0.39, 0.29) is 0 Å². The van der Waals surface area contributed by atoms with Crippen LogP contribution in [0.2, 0.25) is 0 Å². The highest BCUT2D eigenvalue weighted by atomic mass is 16.5. The van der Waals surface area contributed by atoms with Crippen LogP contribution in [0.25, 0.3) is 4.98 Å². The van der Waals surface area contributed by atoms with Gasteiger partial charge in [-0.1, -0.05) is 6.07 Å². The summed E-state index contributed by atoms with van der Waals surface area (Å²) in [7, 11) is 0. The second kappa shape index (κ2) is 5.07. The topological polar surface area (TPSA) is 46.6 Å². The average Bonchev–Trinajstić information content (AvgIpc) is 2.21. The highest BCUT2D eigenvalue weighted by Crippen LogP contribution is 2.37. The number of rotatable bonds is 4. The molecule has 0 fully saturated rings. The molecule has 0 aromatic heterocycles. The summed E-state index contributed by atoms with van der Waals surface area (Å²) >= 11 is 0. The number of para-hydroxylation sites is 1. The van der Waals surface area contributed by atoms with Gasteiger partial charge in [0, 0.05) is 6.07 Å². The van der Waals surface area contributed by atoms with Crippen LogP contribution >= 0.6 is 0 Å². The van der Waals surface area contributed by atoms with Crippen molar-refractivity contribution >= 4 is 5.69 Å². The van der Waals surface area contributed by atoms with Crippen LogP contribution in [-0.2, 0) is 0 Å². The lowest BCUT2D eigenvalue weighted by Crippen LogP contribution is -1.97. The second-order valence-electron chi connectivity index (χ2n) is 2.57. The molecule has 4 nitrogen and oxygen atoms in total. The Bertz CT molecular complexity index is 344. The minimum atomic E-state index is 0.387. The maximum atomic E-state index is 8.73. The van der Waals surface area contributed by atoms with Gasteiger partial charge in [0.25, 0.3) is 5.75 Å². The fourth-order valence-corrected chi connectivity index (χ4v) is 1.14.